The molecule has 3 fully saturated rings. The molecule has 3 saturated heterocycles. The average molecular weight is 320 g/mol. The molecule has 23 heavy (non-hydrogen) atoms. The van der Waals surface area contributed by atoms with Crippen molar-refractivity contribution in [2.24, 2.45) is 0 Å². The Morgan fingerprint density at radius 1 is 1.43 bits per heavy atom. The van der Waals surface area contributed by atoms with Gasteiger partial charge in [0.25, 0.3) is 5.91 Å². The quantitative estimate of drug-likeness (QED) is 0.816. The zero-order valence-electron chi connectivity index (χ0n) is 12.8. The average Bonchev–Trinajstić information content (AvgIpc) is 3.18. The van der Waals surface area contributed by atoms with E-state index in [9.17, 15) is 14.0 Å². The van der Waals surface area contributed by atoms with Crippen LogP contribution in [0, 0.1) is 5.82 Å². The lowest BCUT2D eigenvalue weighted by molar-refractivity contribution is -0.136. The summed E-state index contributed by atoms with van der Waals surface area (Å²) in [6.07, 6.45) is 0.843. The standard InChI is InChI=1S/C16H17FN2O4/c1-22-14-10(3-2-4-11(14)17)15(21)18-6-5-16-12(18)9-13(20)19(16)7-8-23-16/h2-4,12H,5-9H2,1H3/t12-,16+/m1/s1. The third-order valence-electron chi connectivity index (χ3n) is 5.06. The summed E-state index contributed by atoms with van der Waals surface area (Å²) < 4.78 is 24.8. The van der Waals surface area contributed by atoms with Gasteiger partial charge in [0.15, 0.2) is 17.3 Å². The van der Waals surface area contributed by atoms with Crippen molar-refractivity contribution >= 4 is 11.8 Å². The molecule has 0 aliphatic carbocycles. The normalized spacial score (nSPS) is 29.0. The van der Waals surface area contributed by atoms with Crippen LogP contribution in [0.5, 0.6) is 5.75 Å². The molecule has 0 saturated carbocycles. The minimum atomic E-state index is -0.687. The fourth-order valence-corrected chi connectivity index (χ4v) is 4.07. The van der Waals surface area contributed by atoms with Crippen LogP contribution in [-0.2, 0) is 9.53 Å². The van der Waals surface area contributed by atoms with Crippen LogP contribution in [0.2, 0.25) is 0 Å². The predicted octanol–water partition coefficient (Wildman–Crippen LogP) is 1.01. The number of nitrogens with zero attached hydrogens (tertiary/aromatic N) is 2. The number of hydrogen-bond acceptors (Lipinski definition) is 4. The van der Waals surface area contributed by atoms with Crippen molar-refractivity contribution in [2.75, 3.05) is 26.8 Å². The molecule has 0 unspecified atom stereocenters. The highest BCUT2D eigenvalue weighted by Gasteiger charge is 2.63. The first kappa shape index (κ1) is 14.4. The highest BCUT2D eigenvalue weighted by atomic mass is 19.1. The number of ether oxygens (including phenoxy) is 2. The summed E-state index contributed by atoms with van der Waals surface area (Å²) >= 11 is 0. The lowest BCUT2D eigenvalue weighted by Gasteiger charge is -2.31. The van der Waals surface area contributed by atoms with Gasteiger partial charge in [-0.3, -0.25) is 9.59 Å². The molecule has 122 valence electrons. The molecule has 2 atom stereocenters. The zero-order chi connectivity index (χ0) is 16.2. The third kappa shape index (κ3) is 1.83. The molecule has 0 radical (unpaired) electrons. The number of benzene rings is 1. The smallest absolute Gasteiger partial charge is 0.258 e. The third-order valence-corrected chi connectivity index (χ3v) is 5.06. The monoisotopic (exact) mass is 320 g/mol. The van der Waals surface area contributed by atoms with Gasteiger partial charge in [-0.2, -0.15) is 0 Å². The minimum absolute atomic E-state index is 0.0104. The van der Waals surface area contributed by atoms with Gasteiger partial charge in [0.1, 0.15) is 0 Å². The number of hydrogen-bond donors (Lipinski definition) is 0. The Hall–Kier alpha value is -2.15. The summed E-state index contributed by atoms with van der Waals surface area (Å²) in [4.78, 5) is 28.4. The molecule has 3 aliphatic rings. The van der Waals surface area contributed by atoms with Crippen LogP contribution in [0.4, 0.5) is 4.39 Å². The Morgan fingerprint density at radius 2 is 2.26 bits per heavy atom. The highest BCUT2D eigenvalue weighted by Crippen LogP contribution is 2.46. The van der Waals surface area contributed by atoms with E-state index in [1.165, 1.54) is 19.2 Å². The second-order valence-electron chi connectivity index (χ2n) is 6.03. The lowest BCUT2D eigenvalue weighted by atomic mass is 10.1. The van der Waals surface area contributed by atoms with Crippen molar-refractivity contribution in [3.63, 3.8) is 0 Å². The van der Waals surface area contributed by atoms with Crippen molar-refractivity contribution in [1.82, 2.24) is 9.80 Å². The Bertz CT molecular complexity index is 695. The van der Waals surface area contributed by atoms with Crippen molar-refractivity contribution in [3.8, 4) is 5.75 Å². The van der Waals surface area contributed by atoms with Gasteiger partial charge >= 0.3 is 0 Å². The highest BCUT2D eigenvalue weighted by molar-refractivity contribution is 5.98. The molecule has 2 amide bonds. The van der Waals surface area contributed by atoms with Crippen LogP contribution in [-0.4, -0.2) is 60.2 Å². The maximum Gasteiger partial charge on any atom is 0.258 e. The van der Waals surface area contributed by atoms with Crippen LogP contribution in [0.3, 0.4) is 0 Å². The van der Waals surface area contributed by atoms with Gasteiger partial charge in [0, 0.05) is 19.5 Å². The van der Waals surface area contributed by atoms with E-state index in [1.54, 1.807) is 15.9 Å². The van der Waals surface area contributed by atoms with Crippen LogP contribution in [0.25, 0.3) is 0 Å². The first-order valence-corrected chi connectivity index (χ1v) is 7.66. The van der Waals surface area contributed by atoms with E-state index < -0.39 is 11.5 Å². The molecule has 0 N–H and O–H groups in total. The second-order valence-corrected chi connectivity index (χ2v) is 6.03. The van der Waals surface area contributed by atoms with Crippen LogP contribution in [0.1, 0.15) is 23.2 Å². The summed E-state index contributed by atoms with van der Waals surface area (Å²) in [7, 11) is 1.33. The van der Waals surface area contributed by atoms with Gasteiger partial charge in [-0.05, 0) is 12.1 Å². The molecule has 7 heteroatoms. The maximum absolute atomic E-state index is 13.9. The van der Waals surface area contributed by atoms with E-state index in [1.807, 2.05) is 0 Å². The van der Waals surface area contributed by atoms with E-state index in [2.05, 4.69) is 0 Å². The molecule has 4 rings (SSSR count). The molecule has 6 nitrogen and oxygen atoms in total. The Kier molecular flexibility index (Phi) is 3.09. The topological polar surface area (TPSA) is 59.1 Å². The molecule has 1 aromatic carbocycles. The van der Waals surface area contributed by atoms with E-state index in [-0.39, 0.29) is 35.6 Å². The molecule has 0 bridgehead atoms. The SMILES string of the molecule is COc1c(F)cccc1C(=O)N1CC[C@@]23OCCN2C(=O)C[C@@H]13. The molecule has 0 aromatic heterocycles. The van der Waals surface area contributed by atoms with Crippen molar-refractivity contribution in [1.29, 1.82) is 0 Å². The summed E-state index contributed by atoms with van der Waals surface area (Å²) in [6, 6.07) is 3.95. The van der Waals surface area contributed by atoms with E-state index >= 15 is 0 Å². The molecule has 3 heterocycles. The number of para-hydroxylation sites is 1. The van der Waals surface area contributed by atoms with Gasteiger partial charge in [-0.15, -0.1) is 0 Å². The number of carbonyl (C=O) groups excluding carboxylic acids is 2. The lowest BCUT2D eigenvalue weighted by Crippen LogP contribution is -2.48. The second kappa shape index (κ2) is 4.92. The van der Waals surface area contributed by atoms with Crippen molar-refractivity contribution in [3.05, 3.63) is 29.6 Å². The van der Waals surface area contributed by atoms with Gasteiger partial charge in [-0.1, -0.05) is 6.07 Å². The van der Waals surface area contributed by atoms with E-state index in [0.717, 1.165) is 0 Å². The maximum atomic E-state index is 13.9. The molecule has 1 aromatic rings. The predicted molar refractivity (Wildman–Crippen MR) is 77.4 cm³/mol. The zero-order valence-corrected chi connectivity index (χ0v) is 12.8. The van der Waals surface area contributed by atoms with Gasteiger partial charge < -0.3 is 19.3 Å². The Labute approximate surface area is 132 Å². The summed E-state index contributed by atoms with van der Waals surface area (Å²) in [5.74, 6) is -0.954. The summed E-state index contributed by atoms with van der Waals surface area (Å²) in [6.45, 7) is 1.54. The van der Waals surface area contributed by atoms with Gasteiger partial charge in [0.05, 0.1) is 31.7 Å². The van der Waals surface area contributed by atoms with Crippen LogP contribution < -0.4 is 4.74 Å². The summed E-state index contributed by atoms with van der Waals surface area (Å²) in [5, 5.41) is 0. The van der Waals surface area contributed by atoms with Gasteiger partial charge in [0.2, 0.25) is 5.91 Å². The molecule has 1 spiro atoms. The van der Waals surface area contributed by atoms with E-state index in [0.29, 0.717) is 26.1 Å². The first-order chi connectivity index (χ1) is 11.1. The van der Waals surface area contributed by atoms with E-state index in [4.69, 9.17) is 9.47 Å². The number of halogens is 1. The Morgan fingerprint density at radius 3 is 3.04 bits per heavy atom. The van der Waals surface area contributed by atoms with Crippen LogP contribution in [0.15, 0.2) is 18.2 Å². The number of rotatable bonds is 2. The number of likely N-dealkylation sites (tertiary alicyclic amines) is 1. The minimum Gasteiger partial charge on any atom is -0.493 e. The summed E-state index contributed by atoms with van der Waals surface area (Å²) in [5.41, 5.74) is -0.513. The van der Waals surface area contributed by atoms with Gasteiger partial charge in [-0.25, -0.2) is 4.39 Å². The number of carbonyl (C=O) groups is 2. The first-order valence-electron chi connectivity index (χ1n) is 7.66. The largest absolute Gasteiger partial charge is 0.493 e. The van der Waals surface area contributed by atoms with Crippen LogP contribution >= 0.6 is 0 Å². The fourth-order valence-electron chi connectivity index (χ4n) is 4.07. The number of amides is 2. The van der Waals surface area contributed by atoms with Crippen molar-refractivity contribution < 1.29 is 23.5 Å². The molecular formula is C16H17FN2O4. The molecular weight excluding hydrogens is 303 g/mol. The number of methoxy groups -OCH3 is 1. The van der Waals surface area contributed by atoms with Crippen molar-refractivity contribution in [2.45, 2.75) is 24.6 Å². The molecule has 3 aliphatic heterocycles. The fraction of sp³-hybridized carbons (Fsp3) is 0.500. The Balaban J connectivity index is 1.69.